The molecule has 1 saturated heterocycles. The number of benzene rings is 2. The van der Waals surface area contributed by atoms with E-state index in [-0.39, 0.29) is 23.8 Å². The summed E-state index contributed by atoms with van der Waals surface area (Å²) in [6.45, 7) is 5.82. The van der Waals surface area contributed by atoms with Crippen LogP contribution in [0.1, 0.15) is 17.5 Å². The van der Waals surface area contributed by atoms with Gasteiger partial charge in [0.15, 0.2) is 0 Å². The summed E-state index contributed by atoms with van der Waals surface area (Å²) < 4.78 is 26.7. The zero-order valence-corrected chi connectivity index (χ0v) is 18.2. The first-order valence-corrected chi connectivity index (χ1v) is 11.7. The number of piperazine rings is 1. The third-order valence-corrected chi connectivity index (χ3v) is 6.69. The van der Waals surface area contributed by atoms with Crippen molar-refractivity contribution < 1.29 is 13.2 Å². The van der Waals surface area contributed by atoms with Gasteiger partial charge in [-0.2, -0.15) is 0 Å². The van der Waals surface area contributed by atoms with Gasteiger partial charge in [0.25, 0.3) is 0 Å². The van der Waals surface area contributed by atoms with Crippen LogP contribution >= 0.6 is 0 Å². The van der Waals surface area contributed by atoms with E-state index in [4.69, 9.17) is 0 Å². The lowest BCUT2D eigenvalue weighted by Crippen LogP contribution is -2.43. The number of carbonyl (C=O) groups excluding carboxylic acids is 1. The van der Waals surface area contributed by atoms with Gasteiger partial charge >= 0.3 is 0 Å². The highest BCUT2D eigenvalue weighted by Gasteiger charge is 2.14. The normalized spacial score (nSPS) is 15.8. The van der Waals surface area contributed by atoms with Crippen molar-refractivity contribution >= 4 is 15.9 Å². The van der Waals surface area contributed by atoms with E-state index in [9.17, 15) is 13.2 Å². The molecule has 8 heteroatoms. The van der Waals surface area contributed by atoms with Gasteiger partial charge in [-0.1, -0.05) is 42.5 Å². The van der Waals surface area contributed by atoms with Crippen molar-refractivity contribution in [3.8, 4) is 0 Å². The Balaban J connectivity index is 1.37. The highest BCUT2D eigenvalue weighted by molar-refractivity contribution is 7.89. The van der Waals surface area contributed by atoms with E-state index in [2.05, 4.69) is 39.0 Å². The van der Waals surface area contributed by atoms with Gasteiger partial charge < -0.3 is 10.2 Å². The van der Waals surface area contributed by atoms with Gasteiger partial charge in [0.1, 0.15) is 0 Å². The molecule has 2 aromatic carbocycles. The number of carbonyl (C=O) groups is 1. The molecule has 1 amide bonds. The summed E-state index contributed by atoms with van der Waals surface area (Å²) >= 11 is 0. The molecule has 162 valence electrons. The first-order chi connectivity index (χ1) is 14.4. The minimum atomic E-state index is -3.58. The van der Waals surface area contributed by atoms with E-state index in [1.807, 2.05) is 12.1 Å². The third-order valence-electron chi connectivity index (χ3n) is 5.21. The van der Waals surface area contributed by atoms with Crippen molar-refractivity contribution in [3.63, 3.8) is 0 Å². The number of amides is 1. The molecule has 0 atom stereocenters. The molecule has 1 aliphatic rings. The molecule has 1 aliphatic heterocycles. The quantitative estimate of drug-likeness (QED) is 0.629. The van der Waals surface area contributed by atoms with Crippen molar-refractivity contribution in [1.29, 1.82) is 0 Å². The fraction of sp³-hybridized carbons (Fsp3) is 0.409. The summed E-state index contributed by atoms with van der Waals surface area (Å²) in [6.07, 6.45) is 0.0908. The summed E-state index contributed by atoms with van der Waals surface area (Å²) in [6, 6.07) is 16.4. The first-order valence-electron chi connectivity index (χ1n) is 10.2. The SMILES string of the molecule is CN1CCN(Cc2ccc(CNC(=O)CCNS(=O)(=O)c3ccccc3)cc2)CC1. The van der Waals surface area contributed by atoms with E-state index in [1.165, 1.54) is 17.7 Å². The fourth-order valence-electron chi connectivity index (χ4n) is 3.30. The number of likely N-dealkylation sites (N-methyl/N-ethyl adjacent to an activating group) is 1. The second-order valence-electron chi connectivity index (χ2n) is 7.63. The van der Waals surface area contributed by atoms with E-state index in [0.29, 0.717) is 6.54 Å². The largest absolute Gasteiger partial charge is 0.352 e. The van der Waals surface area contributed by atoms with Crippen LogP contribution in [0, 0.1) is 0 Å². The maximum absolute atomic E-state index is 12.1. The van der Waals surface area contributed by atoms with Crippen LogP contribution < -0.4 is 10.0 Å². The van der Waals surface area contributed by atoms with Crippen molar-refractivity contribution in [1.82, 2.24) is 19.8 Å². The summed E-state index contributed by atoms with van der Waals surface area (Å²) in [5.74, 6) is -0.188. The summed E-state index contributed by atoms with van der Waals surface area (Å²) in [4.78, 5) is 17.0. The minimum Gasteiger partial charge on any atom is -0.352 e. The molecular formula is C22H30N4O3S. The maximum atomic E-state index is 12.1. The molecule has 7 nitrogen and oxygen atoms in total. The molecule has 0 aromatic heterocycles. The van der Waals surface area contributed by atoms with Crippen LogP contribution in [-0.4, -0.2) is 63.9 Å². The molecule has 30 heavy (non-hydrogen) atoms. The van der Waals surface area contributed by atoms with Gasteiger partial charge in [-0.15, -0.1) is 0 Å². The Morgan fingerprint density at radius 3 is 2.23 bits per heavy atom. The van der Waals surface area contributed by atoms with Crippen molar-refractivity contribution in [2.75, 3.05) is 39.8 Å². The van der Waals surface area contributed by atoms with Crippen molar-refractivity contribution in [2.24, 2.45) is 0 Å². The summed E-state index contributed by atoms with van der Waals surface area (Å²) in [5, 5.41) is 2.84. The Hall–Kier alpha value is -2.26. The molecule has 1 fully saturated rings. The second-order valence-corrected chi connectivity index (χ2v) is 9.40. The fourth-order valence-corrected chi connectivity index (χ4v) is 4.35. The van der Waals surface area contributed by atoms with E-state index < -0.39 is 10.0 Å². The Morgan fingerprint density at radius 2 is 1.57 bits per heavy atom. The zero-order chi connectivity index (χ0) is 21.4. The molecule has 0 unspecified atom stereocenters. The molecular weight excluding hydrogens is 400 g/mol. The van der Waals surface area contributed by atoms with Crippen LogP contribution in [0.3, 0.4) is 0 Å². The van der Waals surface area contributed by atoms with Crippen molar-refractivity contribution in [2.45, 2.75) is 24.4 Å². The van der Waals surface area contributed by atoms with Gasteiger partial charge in [0, 0.05) is 52.2 Å². The third kappa shape index (κ3) is 6.91. The summed E-state index contributed by atoms with van der Waals surface area (Å²) in [7, 11) is -1.43. The predicted molar refractivity (Wildman–Crippen MR) is 117 cm³/mol. The minimum absolute atomic E-state index is 0.0625. The maximum Gasteiger partial charge on any atom is 0.240 e. The molecule has 0 aliphatic carbocycles. The number of nitrogens with zero attached hydrogens (tertiary/aromatic N) is 2. The Morgan fingerprint density at radius 1 is 0.933 bits per heavy atom. The Bertz CT molecular complexity index is 909. The number of nitrogens with one attached hydrogen (secondary N) is 2. The van der Waals surface area contributed by atoms with Crippen molar-refractivity contribution in [3.05, 3.63) is 65.7 Å². The number of hydrogen-bond acceptors (Lipinski definition) is 5. The average molecular weight is 431 g/mol. The van der Waals surface area contributed by atoms with Gasteiger partial charge in [-0.3, -0.25) is 9.69 Å². The predicted octanol–water partition coefficient (Wildman–Crippen LogP) is 1.42. The Kier molecular flexibility index (Phi) is 7.98. The van der Waals surface area contributed by atoms with Crippen LogP contribution in [0.4, 0.5) is 0 Å². The van der Waals surface area contributed by atoms with Gasteiger partial charge in [-0.25, -0.2) is 13.1 Å². The molecule has 0 saturated carbocycles. The number of hydrogen-bond donors (Lipinski definition) is 2. The molecule has 1 heterocycles. The smallest absolute Gasteiger partial charge is 0.240 e. The molecule has 2 N–H and O–H groups in total. The monoisotopic (exact) mass is 430 g/mol. The average Bonchev–Trinajstić information content (AvgIpc) is 2.75. The molecule has 3 rings (SSSR count). The lowest BCUT2D eigenvalue weighted by atomic mass is 10.1. The molecule has 2 aromatic rings. The van der Waals surface area contributed by atoms with Crippen LogP contribution in [-0.2, 0) is 27.9 Å². The highest BCUT2D eigenvalue weighted by atomic mass is 32.2. The van der Waals surface area contributed by atoms with Crippen LogP contribution in [0.25, 0.3) is 0 Å². The van der Waals surface area contributed by atoms with Gasteiger partial charge in [0.05, 0.1) is 4.90 Å². The highest BCUT2D eigenvalue weighted by Crippen LogP contribution is 2.10. The second kappa shape index (κ2) is 10.7. The topological polar surface area (TPSA) is 81.8 Å². The number of rotatable bonds is 9. The summed E-state index contributed by atoms with van der Waals surface area (Å²) in [5.41, 5.74) is 2.29. The van der Waals surface area contributed by atoms with E-state index >= 15 is 0 Å². The lowest BCUT2D eigenvalue weighted by molar-refractivity contribution is -0.121. The zero-order valence-electron chi connectivity index (χ0n) is 17.4. The van der Waals surface area contributed by atoms with Crippen LogP contribution in [0.15, 0.2) is 59.5 Å². The van der Waals surface area contributed by atoms with Gasteiger partial charge in [-0.05, 0) is 30.3 Å². The van der Waals surface area contributed by atoms with Crippen LogP contribution in [0.5, 0.6) is 0 Å². The standard InChI is InChI=1S/C22H30N4O3S/c1-25-13-15-26(16-14-25)18-20-9-7-19(8-10-20)17-23-22(27)11-12-24-30(28,29)21-5-3-2-4-6-21/h2-10,24H,11-18H2,1H3,(H,23,27). The molecule has 0 bridgehead atoms. The molecule has 0 spiro atoms. The Labute approximate surface area is 179 Å². The van der Waals surface area contributed by atoms with E-state index in [1.54, 1.807) is 18.2 Å². The lowest BCUT2D eigenvalue weighted by Gasteiger charge is -2.32. The van der Waals surface area contributed by atoms with Gasteiger partial charge in [0.2, 0.25) is 15.9 Å². The first kappa shape index (κ1) is 22.4. The van der Waals surface area contributed by atoms with Crippen LogP contribution in [0.2, 0.25) is 0 Å². The van der Waals surface area contributed by atoms with E-state index in [0.717, 1.165) is 38.3 Å². The molecule has 0 radical (unpaired) electrons. The number of sulfonamides is 1.